The minimum Gasteiger partial charge on any atom is -0.378 e. The van der Waals surface area contributed by atoms with Crippen molar-refractivity contribution in [2.45, 2.75) is 19.4 Å². The highest BCUT2D eigenvalue weighted by Gasteiger charge is 2.36. The van der Waals surface area contributed by atoms with Crippen molar-refractivity contribution in [3.63, 3.8) is 0 Å². The molecule has 2 fully saturated rings. The molecule has 0 radical (unpaired) electrons. The number of morpholine rings is 1. The van der Waals surface area contributed by atoms with Crippen molar-refractivity contribution in [2.75, 3.05) is 37.7 Å². The van der Waals surface area contributed by atoms with E-state index >= 15 is 0 Å². The maximum atomic E-state index is 12.7. The van der Waals surface area contributed by atoms with Crippen LogP contribution in [0.2, 0.25) is 0 Å². The molecule has 2 aliphatic rings. The number of rotatable bonds is 3. The molecule has 2 aliphatic heterocycles. The van der Waals surface area contributed by atoms with Gasteiger partial charge in [0.25, 0.3) is 5.91 Å². The smallest absolute Gasteiger partial charge is 0.274 e. The summed E-state index contributed by atoms with van der Waals surface area (Å²) in [4.78, 5) is 25.9. The number of anilines is 1. The van der Waals surface area contributed by atoms with Crippen molar-refractivity contribution in [1.29, 1.82) is 0 Å². The predicted molar refractivity (Wildman–Crippen MR) is 91.4 cm³/mol. The molecule has 1 atom stereocenters. The molecule has 0 N–H and O–H groups in total. The molecule has 4 rings (SSSR count). The second-order valence-electron chi connectivity index (χ2n) is 6.48. The number of aryl methyl sites for hydroxylation is 2. The third kappa shape index (κ3) is 3.09. The number of nitrogens with zero attached hydrogens (tertiary/aromatic N) is 6. The van der Waals surface area contributed by atoms with Gasteiger partial charge in [-0.25, -0.2) is 9.97 Å². The minimum atomic E-state index is -0.0407. The summed E-state index contributed by atoms with van der Waals surface area (Å²) in [5.41, 5.74) is 1.39. The van der Waals surface area contributed by atoms with Gasteiger partial charge in [-0.15, -0.1) is 0 Å². The second-order valence-corrected chi connectivity index (χ2v) is 6.48. The van der Waals surface area contributed by atoms with Gasteiger partial charge >= 0.3 is 0 Å². The Morgan fingerprint density at radius 1 is 1.24 bits per heavy atom. The number of ether oxygens (including phenoxy) is 1. The van der Waals surface area contributed by atoms with Crippen LogP contribution in [0, 0.1) is 6.92 Å². The fourth-order valence-electron chi connectivity index (χ4n) is 3.31. The fraction of sp³-hybridized carbons (Fsp3) is 0.529. The summed E-state index contributed by atoms with van der Waals surface area (Å²) in [6.45, 7) is 5.72. The van der Waals surface area contributed by atoms with Gasteiger partial charge in [0.1, 0.15) is 17.3 Å². The number of likely N-dealkylation sites (tertiary alicyclic amines) is 1. The average molecular weight is 342 g/mol. The molecular weight excluding hydrogens is 320 g/mol. The van der Waals surface area contributed by atoms with Crippen LogP contribution in [0.3, 0.4) is 0 Å². The van der Waals surface area contributed by atoms with Crippen LogP contribution in [0.1, 0.15) is 34.5 Å². The molecule has 1 amide bonds. The van der Waals surface area contributed by atoms with Crippen molar-refractivity contribution < 1.29 is 9.53 Å². The van der Waals surface area contributed by atoms with E-state index in [0.29, 0.717) is 18.9 Å². The lowest BCUT2D eigenvalue weighted by Crippen LogP contribution is -2.46. The van der Waals surface area contributed by atoms with Gasteiger partial charge in [-0.3, -0.25) is 9.48 Å². The van der Waals surface area contributed by atoms with Crippen LogP contribution in [-0.2, 0) is 11.8 Å². The van der Waals surface area contributed by atoms with Crippen molar-refractivity contribution >= 4 is 11.7 Å². The van der Waals surface area contributed by atoms with Crippen LogP contribution < -0.4 is 4.90 Å². The molecule has 2 aromatic heterocycles. The van der Waals surface area contributed by atoms with Crippen molar-refractivity contribution in [2.24, 2.45) is 7.05 Å². The molecule has 4 heterocycles. The number of aromatic nitrogens is 4. The van der Waals surface area contributed by atoms with Gasteiger partial charge in [-0.2, -0.15) is 5.10 Å². The van der Waals surface area contributed by atoms with E-state index < -0.39 is 0 Å². The lowest BCUT2D eigenvalue weighted by atomic mass is 9.98. The zero-order valence-corrected chi connectivity index (χ0v) is 14.6. The van der Waals surface area contributed by atoms with Crippen LogP contribution in [0.5, 0.6) is 0 Å². The minimum absolute atomic E-state index is 0.00371. The van der Waals surface area contributed by atoms with E-state index in [4.69, 9.17) is 4.74 Å². The standard InChI is InChI=1S/C17H22N6O2/c1-12-18-14(11-16(19-12)22-7-9-25-10-8-22)15-4-6-23(15)17(24)13-3-5-21(2)20-13/h3,5,11,15H,4,6-10H2,1-2H3/t15-/m0/s1. The van der Waals surface area contributed by atoms with E-state index in [1.165, 1.54) is 0 Å². The summed E-state index contributed by atoms with van der Waals surface area (Å²) in [7, 11) is 1.81. The summed E-state index contributed by atoms with van der Waals surface area (Å²) in [5.74, 6) is 1.61. The third-order valence-corrected chi connectivity index (χ3v) is 4.73. The molecule has 8 heteroatoms. The molecule has 0 spiro atoms. The third-order valence-electron chi connectivity index (χ3n) is 4.73. The van der Waals surface area contributed by atoms with Gasteiger partial charge in [0.2, 0.25) is 0 Å². The highest BCUT2D eigenvalue weighted by atomic mass is 16.5. The Morgan fingerprint density at radius 3 is 2.68 bits per heavy atom. The molecule has 25 heavy (non-hydrogen) atoms. The van der Waals surface area contributed by atoms with Gasteiger partial charge in [0.05, 0.1) is 24.9 Å². The topological polar surface area (TPSA) is 76.4 Å². The first-order chi connectivity index (χ1) is 12.1. The maximum absolute atomic E-state index is 12.7. The summed E-state index contributed by atoms with van der Waals surface area (Å²) in [6, 6.07) is 3.76. The van der Waals surface area contributed by atoms with Crippen LogP contribution in [0.25, 0.3) is 0 Å². The lowest BCUT2D eigenvalue weighted by molar-refractivity contribution is 0.0443. The molecule has 0 unspecified atom stereocenters. The zero-order valence-electron chi connectivity index (χ0n) is 14.6. The largest absolute Gasteiger partial charge is 0.378 e. The van der Waals surface area contributed by atoms with Crippen LogP contribution in [0.15, 0.2) is 18.3 Å². The lowest BCUT2D eigenvalue weighted by Gasteiger charge is -2.40. The summed E-state index contributed by atoms with van der Waals surface area (Å²) >= 11 is 0. The molecule has 0 aromatic carbocycles. The van der Waals surface area contributed by atoms with Crippen LogP contribution in [0.4, 0.5) is 5.82 Å². The average Bonchev–Trinajstić information content (AvgIpc) is 3.01. The number of carbonyl (C=O) groups is 1. The molecule has 0 aliphatic carbocycles. The van der Waals surface area contributed by atoms with E-state index in [1.54, 1.807) is 16.9 Å². The van der Waals surface area contributed by atoms with E-state index in [1.807, 2.05) is 24.9 Å². The predicted octanol–water partition coefficient (Wildman–Crippen LogP) is 0.942. The number of hydrogen-bond donors (Lipinski definition) is 0. The number of amides is 1. The van der Waals surface area contributed by atoms with Crippen LogP contribution in [-0.4, -0.2) is 63.4 Å². The monoisotopic (exact) mass is 342 g/mol. The van der Waals surface area contributed by atoms with Gasteiger partial charge in [-0.1, -0.05) is 0 Å². The quantitative estimate of drug-likeness (QED) is 0.826. The van der Waals surface area contributed by atoms with E-state index in [9.17, 15) is 4.79 Å². The first-order valence-corrected chi connectivity index (χ1v) is 8.61. The summed E-state index contributed by atoms with van der Waals surface area (Å²) in [5, 5.41) is 4.22. The summed E-state index contributed by atoms with van der Waals surface area (Å²) in [6.07, 6.45) is 2.70. The molecule has 0 bridgehead atoms. The van der Waals surface area contributed by atoms with Crippen molar-refractivity contribution in [3.8, 4) is 0 Å². The maximum Gasteiger partial charge on any atom is 0.274 e. The Balaban J connectivity index is 1.56. The van der Waals surface area contributed by atoms with E-state index in [0.717, 1.165) is 43.4 Å². The Bertz CT molecular complexity index is 783. The Hall–Kier alpha value is -2.48. The highest BCUT2D eigenvalue weighted by Crippen LogP contribution is 2.34. The molecule has 132 valence electrons. The van der Waals surface area contributed by atoms with Gasteiger partial charge in [-0.05, 0) is 19.4 Å². The Morgan fingerprint density at radius 2 is 2.04 bits per heavy atom. The van der Waals surface area contributed by atoms with Crippen molar-refractivity contribution in [1.82, 2.24) is 24.6 Å². The number of hydrogen-bond acceptors (Lipinski definition) is 6. The molecular formula is C17H22N6O2. The molecule has 2 saturated heterocycles. The second kappa shape index (κ2) is 6.44. The van der Waals surface area contributed by atoms with Gasteiger partial charge in [0, 0.05) is 38.9 Å². The fourth-order valence-corrected chi connectivity index (χ4v) is 3.31. The molecule has 2 aromatic rings. The van der Waals surface area contributed by atoms with Gasteiger partial charge < -0.3 is 14.5 Å². The molecule has 0 saturated carbocycles. The Labute approximate surface area is 146 Å². The van der Waals surface area contributed by atoms with E-state index in [2.05, 4.69) is 20.0 Å². The van der Waals surface area contributed by atoms with Crippen LogP contribution >= 0.6 is 0 Å². The highest BCUT2D eigenvalue weighted by molar-refractivity contribution is 5.93. The SMILES string of the molecule is Cc1nc([C@@H]2CCN2C(=O)c2ccn(C)n2)cc(N2CCOCC2)n1. The van der Waals surface area contributed by atoms with Crippen molar-refractivity contribution in [3.05, 3.63) is 35.5 Å². The van der Waals surface area contributed by atoms with Gasteiger partial charge in [0.15, 0.2) is 0 Å². The van der Waals surface area contributed by atoms with E-state index in [-0.39, 0.29) is 11.9 Å². The summed E-state index contributed by atoms with van der Waals surface area (Å²) < 4.78 is 7.06. The number of carbonyl (C=O) groups excluding carboxylic acids is 1. The first kappa shape index (κ1) is 16.0. The first-order valence-electron chi connectivity index (χ1n) is 8.61. The Kier molecular flexibility index (Phi) is 4.12. The normalized spacial score (nSPS) is 20.5. The zero-order chi connectivity index (χ0) is 17.4. The molecule has 8 nitrogen and oxygen atoms in total.